The number of aromatic nitrogens is 3. The fraction of sp³-hybridized carbons (Fsp3) is 0.458. The highest BCUT2D eigenvalue weighted by atomic mass is 35.5. The second-order valence-electron chi connectivity index (χ2n) is 7.98. The van der Waals surface area contributed by atoms with Gasteiger partial charge < -0.3 is 14.8 Å². The zero-order chi connectivity index (χ0) is 21.5. The molecule has 3 aromatic rings. The van der Waals surface area contributed by atoms with Gasteiger partial charge in [0.05, 0.1) is 5.52 Å². The molecular formula is C24H30Cl2N4O2. The molecule has 2 saturated heterocycles. The molecule has 6 nitrogen and oxygen atoms in total. The molecule has 32 heavy (non-hydrogen) atoms. The van der Waals surface area contributed by atoms with E-state index in [-0.39, 0.29) is 18.5 Å². The van der Waals surface area contributed by atoms with Crippen LogP contribution in [0.15, 0.2) is 42.7 Å². The summed E-state index contributed by atoms with van der Waals surface area (Å²) >= 11 is 5.78. The molecule has 1 aromatic carbocycles. The first kappa shape index (κ1) is 24.6. The number of halogens is 2. The summed E-state index contributed by atoms with van der Waals surface area (Å²) in [5, 5.41) is 5.04. The van der Waals surface area contributed by atoms with E-state index in [1.54, 1.807) is 12.4 Å². The number of nitrogens with one attached hydrogen (secondary N) is 1. The minimum atomic E-state index is 0. The van der Waals surface area contributed by atoms with Crippen molar-refractivity contribution >= 4 is 34.9 Å². The van der Waals surface area contributed by atoms with E-state index in [9.17, 15) is 0 Å². The van der Waals surface area contributed by atoms with E-state index in [1.807, 2.05) is 37.3 Å². The summed E-state index contributed by atoms with van der Waals surface area (Å²) in [5.74, 6) is 1.17. The Bertz CT molecular complexity index is 993. The monoisotopic (exact) mass is 476 g/mol. The molecule has 2 fully saturated rings. The van der Waals surface area contributed by atoms with Gasteiger partial charge in [0.1, 0.15) is 17.0 Å². The molecule has 172 valence electrons. The molecule has 2 aliphatic rings. The number of aryl methyl sites for hydroxylation is 1. The standard InChI is InChI=1S/C14H21N3O2.C10H8ClN.ClH/c1-5-15-6-2-12(1)19-14-13(16-7-8-17-14)11-3-9-18-10-4-11;1-7-3-2-4-8-5-6-9(11)12-10(7)8;/h7-8,11-12,15H,1-6,9-10H2;2-6H,1H3;1H. The van der Waals surface area contributed by atoms with Crippen molar-refractivity contribution in [3.63, 3.8) is 0 Å². The van der Waals surface area contributed by atoms with Crippen LogP contribution in [0.1, 0.15) is 42.9 Å². The van der Waals surface area contributed by atoms with Crippen LogP contribution in [0.25, 0.3) is 10.9 Å². The lowest BCUT2D eigenvalue weighted by Crippen LogP contribution is -2.34. The van der Waals surface area contributed by atoms with E-state index in [4.69, 9.17) is 21.1 Å². The number of fused-ring (bicyclic) bond motifs is 1. The summed E-state index contributed by atoms with van der Waals surface area (Å²) in [7, 11) is 0. The summed E-state index contributed by atoms with van der Waals surface area (Å²) in [6.07, 6.45) is 7.88. The van der Waals surface area contributed by atoms with Crippen molar-refractivity contribution in [1.29, 1.82) is 0 Å². The third-order valence-corrected chi connectivity index (χ3v) is 5.96. The summed E-state index contributed by atoms with van der Waals surface area (Å²) in [6.45, 7) is 5.71. The number of ether oxygens (including phenoxy) is 2. The lowest BCUT2D eigenvalue weighted by atomic mass is 9.96. The molecule has 0 bridgehead atoms. The van der Waals surface area contributed by atoms with Gasteiger partial charge in [-0.25, -0.2) is 9.97 Å². The predicted octanol–water partition coefficient (Wildman–Crippen LogP) is 5.12. The van der Waals surface area contributed by atoms with Crippen LogP contribution in [0, 0.1) is 6.92 Å². The Morgan fingerprint density at radius 1 is 1.00 bits per heavy atom. The van der Waals surface area contributed by atoms with Gasteiger partial charge in [-0.15, -0.1) is 12.4 Å². The van der Waals surface area contributed by atoms with E-state index in [2.05, 4.69) is 20.3 Å². The van der Waals surface area contributed by atoms with Crippen molar-refractivity contribution in [3.05, 3.63) is 59.1 Å². The first-order valence-corrected chi connectivity index (χ1v) is 11.4. The molecule has 1 N–H and O–H groups in total. The molecule has 0 aliphatic carbocycles. The highest BCUT2D eigenvalue weighted by Crippen LogP contribution is 2.31. The zero-order valence-corrected chi connectivity index (χ0v) is 19.9. The summed E-state index contributed by atoms with van der Waals surface area (Å²) in [6, 6.07) is 9.88. The number of para-hydroxylation sites is 1. The summed E-state index contributed by atoms with van der Waals surface area (Å²) in [4.78, 5) is 13.2. The maximum atomic E-state index is 6.09. The maximum absolute atomic E-state index is 6.09. The van der Waals surface area contributed by atoms with Crippen LogP contribution in [0.5, 0.6) is 5.88 Å². The Hall–Kier alpha value is -1.99. The molecule has 0 amide bonds. The molecule has 0 radical (unpaired) electrons. The van der Waals surface area contributed by atoms with Crippen molar-refractivity contribution < 1.29 is 9.47 Å². The van der Waals surface area contributed by atoms with Gasteiger partial charge in [-0.05, 0) is 63.4 Å². The molecule has 8 heteroatoms. The lowest BCUT2D eigenvalue weighted by Gasteiger charge is -2.26. The number of pyridine rings is 1. The van der Waals surface area contributed by atoms with Gasteiger partial charge in [0.25, 0.3) is 0 Å². The van der Waals surface area contributed by atoms with E-state index in [0.29, 0.717) is 11.1 Å². The normalized spacial score (nSPS) is 17.2. The molecular weight excluding hydrogens is 447 g/mol. The number of nitrogens with zero attached hydrogens (tertiary/aromatic N) is 3. The number of piperidine rings is 1. The Morgan fingerprint density at radius 3 is 2.53 bits per heavy atom. The van der Waals surface area contributed by atoms with Crippen molar-refractivity contribution in [2.24, 2.45) is 0 Å². The van der Waals surface area contributed by atoms with E-state index in [0.717, 1.165) is 80.0 Å². The maximum Gasteiger partial charge on any atom is 0.236 e. The number of benzene rings is 1. The quantitative estimate of drug-likeness (QED) is 0.528. The Kier molecular flexibility index (Phi) is 9.48. The second kappa shape index (κ2) is 12.3. The average molecular weight is 477 g/mol. The van der Waals surface area contributed by atoms with Crippen LogP contribution >= 0.6 is 24.0 Å². The fourth-order valence-corrected chi connectivity index (χ4v) is 4.17. The molecule has 2 aromatic heterocycles. The highest BCUT2D eigenvalue weighted by molar-refractivity contribution is 6.29. The Morgan fingerprint density at radius 2 is 1.75 bits per heavy atom. The van der Waals surface area contributed by atoms with Crippen molar-refractivity contribution in [1.82, 2.24) is 20.3 Å². The molecule has 0 saturated carbocycles. The number of rotatable bonds is 3. The molecule has 0 unspecified atom stereocenters. The number of hydrogen-bond acceptors (Lipinski definition) is 6. The average Bonchev–Trinajstić information content (AvgIpc) is 2.82. The minimum Gasteiger partial charge on any atom is -0.473 e. The van der Waals surface area contributed by atoms with Crippen LogP contribution in [0.2, 0.25) is 5.15 Å². The van der Waals surface area contributed by atoms with Gasteiger partial charge in [0.2, 0.25) is 5.88 Å². The van der Waals surface area contributed by atoms with E-state index < -0.39 is 0 Å². The van der Waals surface area contributed by atoms with Crippen molar-refractivity contribution in [2.45, 2.75) is 44.6 Å². The molecule has 0 atom stereocenters. The zero-order valence-electron chi connectivity index (χ0n) is 18.3. The largest absolute Gasteiger partial charge is 0.473 e. The first-order valence-electron chi connectivity index (χ1n) is 11.0. The summed E-state index contributed by atoms with van der Waals surface area (Å²) < 4.78 is 11.5. The Balaban J connectivity index is 0.000000193. The third kappa shape index (κ3) is 6.51. The number of hydrogen-bond donors (Lipinski definition) is 1. The molecule has 2 aliphatic heterocycles. The topological polar surface area (TPSA) is 69.2 Å². The molecule has 0 spiro atoms. The van der Waals surface area contributed by atoms with E-state index in [1.165, 1.54) is 0 Å². The van der Waals surface area contributed by atoms with Crippen LogP contribution in [0.3, 0.4) is 0 Å². The van der Waals surface area contributed by atoms with Crippen LogP contribution in [-0.4, -0.2) is 47.4 Å². The third-order valence-electron chi connectivity index (χ3n) is 5.75. The van der Waals surface area contributed by atoms with Gasteiger partial charge in [-0.1, -0.05) is 29.8 Å². The van der Waals surface area contributed by atoms with Crippen molar-refractivity contribution in [3.8, 4) is 5.88 Å². The summed E-state index contributed by atoms with van der Waals surface area (Å²) in [5.41, 5.74) is 3.17. The molecule has 5 rings (SSSR count). The van der Waals surface area contributed by atoms with E-state index >= 15 is 0 Å². The fourth-order valence-electron chi connectivity index (χ4n) is 4.02. The van der Waals surface area contributed by atoms with Gasteiger partial charge in [0.15, 0.2) is 0 Å². The second-order valence-corrected chi connectivity index (χ2v) is 8.37. The first-order chi connectivity index (χ1) is 15.2. The van der Waals surface area contributed by atoms with Crippen LogP contribution in [-0.2, 0) is 4.74 Å². The van der Waals surface area contributed by atoms with Crippen molar-refractivity contribution in [2.75, 3.05) is 26.3 Å². The van der Waals surface area contributed by atoms with Gasteiger partial charge in [-0.2, -0.15) is 0 Å². The SMILES string of the molecule is Cc1cccc2ccc(Cl)nc12.Cl.c1cnc(C2CCOCC2)c(OC2CCNCC2)n1. The molecule has 4 heterocycles. The predicted molar refractivity (Wildman–Crippen MR) is 130 cm³/mol. The van der Waals surface area contributed by atoms with Gasteiger partial charge >= 0.3 is 0 Å². The van der Waals surface area contributed by atoms with Gasteiger partial charge in [0, 0.05) is 36.9 Å². The Labute approximate surface area is 200 Å². The minimum absolute atomic E-state index is 0. The smallest absolute Gasteiger partial charge is 0.236 e. The van der Waals surface area contributed by atoms with Gasteiger partial charge in [-0.3, -0.25) is 4.98 Å². The van der Waals surface area contributed by atoms with Crippen LogP contribution < -0.4 is 10.1 Å². The highest BCUT2D eigenvalue weighted by Gasteiger charge is 2.24. The lowest BCUT2D eigenvalue weighted by molar-refractivity contribution is 0.0821. The van der Waals surface area contributed by atoms with Crippen LogP contribution in [0.4, 0.5) is 0 Å².